The summed E-state index contributed by atoms with van der Waals surface area (Å²) in [4.78, 5) is 35.0. The van der Waals surface area contributed by atoms with Crippen LogP contribution < -0.4 is 5.32 Å². The second-order valence-electron chi connectivity index (χ2n) is 11.7. The Morgan fingerprint density at radius 2 is 1.97 bits per heavy atom. The Bertz CT molecular complexity index is 1330. The number of nitrogens with zero attached hydrogens (tertiary/aromatic N) is 5. The average molecular weight is 531 g/mol. The maximum atomic E-state index is 13.6. The van der Waals surface area contributed by atoms with Crippen LogP contribution in [0.3, 0.4) is 0 Å². The smallest absolute Gasteiger partial charge is 0.254 e. The number of hydrogen-bond donors (Lipinski definition) is 1. The van der Waals surface area contributed by atoms with Gasteiger partial charge in [-0.25, -0.2) is 4.99 Å². The molecule has 1 aliphatic carbocycles. The van der Waals surface area contributed by atoms with Crippen LogP contribution in [-0.4, -0.2) is 83.9 Å². The first kappa shape index (κ1) is 27.5. The molecule has 1 aromatic carbocycles. The third-order valence-electron chi connectivity index (χ3n) is 8.41. The molecular formula is C31H42N6O2. The van der Waals surface area contributed by atoms with Crippen molar-refractivity contribution in [2.75, 3.05) is 46.8 Å². The van der Waals surface area contributed by atoms with Crippen molar-refractivity contribution in [3.05, 3.63) is 47.2 Å². The van der Waals surface area contributed by atoms with Gasteiger partial charge in [0.05, 0.1) is 29.2 Å². The quantitative estimate of drug-likeness (QED) is 0.517. The van der Waals surface area contributed by atoms with E-state index in [0.717, 1.165) is 73.9 Å². The molecule has 8 nitrogen and oxygen atoms in total. The minimum atomic E-state index is -0.419. The van der Waals surface area contributed by atoms with Gasteiger partial charge < -0.3 is 10.2 Å². The number of hydrogen-bond acceptors (Lipinski definition) is 5. The van der Waals surface area contributed by atoms with Gasteiger partial charge in [0.25, 0.3) is 11.8 Å². The summed E-state index contributed by atoms with van der Waals surface area (Å²) in [7, 11) is 4.24. The van der Waals surface area contributed by atoms with Crippen molar-refractivity contribution in [3.63, 3.8) is 0 Å². The zero-order valence-electron chi connectivity index (χ0n) is 23.9. The SMILES string of the molecule is CC1=CC(C)=NC(=O)C1CNC(=O)c1cc(C2=CCN(CCCN(C)C)CC2)cc2c1cnn2C1CCCC1. The number of allylic oxidation sites excluding steroid dienone is 1. The Morgan fingerprint density at radius 3 is 2.67 bits per heavy atom. The number of nitrogens with one attached hydrogen (secondary N) is 1. The van der Waals surface area contributed by atoms with Crippen LogP contribution in [0.15, 0.2) is 41.0 Å². The predicted octanol–water partition coefficient (Wildman–Crippen LogP) is 4.49. The highest BCUT2D eigenvalue weighted by Crippen LogP contribution is 2.35. The number of carbonyl (C=O) groups is 2. The van der Waals surface area contributed by atoms with Gasteiger partial charge in [-0.1, -0.05) is 24.5 Å². The van der Waals surface area contributed by atoms with Crippen LogP contribution in [0.1, 0.15) is 74.3 Å². The van der Waals surface area contributed by atoms with E-state index in [1.165, 1.54) is 18.4 Å². The van der Waals surface area contributed by atoms with Crippen LogP contribution in [0.25, 0.3) is 16.5 Å². The normalized spacial score (nSPS) is 20.9. The predicted molar refractivity (Wildman–Crippen MR) is 157 cm³/mol. The maximum Gasteiger partial charge on any atom is 0.254 e. The molecule has 1 saturated carbocycles. The van der Waals surface area contributed by atoms with Crippen molar-refractivity contribution in [2.45, 2.75) is 58.4 Å². The van der Waals surface area contributed by atoms with Gasteiger partial charge in [-0.05, 0) is 96.1 Å². The highest BCUT2D eigenvalue weighted by atomic mass is 16.2. The monoisotopic (exact) mass is 530 g/mol. The van der Waals surface area contributed by atoms with Crippen LogP contribution >= 0.6 is 0 Å². The first-order valence-electron chi connectivity index (χ1n) is 14.4. The minimum absolute atomic E-state index is 0.165. The number of amides is 2. The number of carbonyl (C=O) groups excluding carboxylic acids is 2. The molecule has 5 rings (SSSR count). The van der Waals surface area contributed by atoms with Crippen molar-refractivity contribution >= 4 is 34.0 Å². The van der Waals surface area contributed by atoms with E-state index in [1.54, 1.807) is 0 Å². The number of aromatic nitrogens is 2. The molecule has 0 spiro atoms. The molecule has 3 heterocycles. The van der Waals surface area contributed by atoms with Gasteiger partial charge in [0, 0.05) is 30.7 Å². The van der Waals surface area contributed by atoms with Crippen LogP contribution in [-0.2, 0) is 4.79 Å². The molecule has 1 aromatic heterocycles. The van der Waals surface area contributed by atoms with Crippen molar-refractivity contribution < 1.29 is 9.59 Å². The van der Waals surface area contributed by atoms with E-state index in [4.69, 9.17) is 5.10 Å². The first-order valence-corrected chi connectivity index (χ1v) is 14.4. The summed E-state index contributed by atoms with van der Waals surface area (Å²) in [5.41, 5.74) is 5.70. The first-order chi connectivity index (χ1) is 18.8. The highest BCUT2D eigenvalue weighted by molar-refractivity contribution is 6.08. The topological polar surface area (TPSA) is 82.8 Å². The molecule has 39 heavy (non-hydrogen) atoms. The summed E-state index contributed by atoms with van der Waals surface area (Å²) in [5, 5.41) is 8.70. The second-order valence-corrected chi connectivity index (χ2v) is 11.7. The molecular weight excluding hydrogens is 488 g/mol. The van der Waals surface area contributed by atoms with Gasteiger partial charge in [0.2, 0.25) is 0 Å². The Kier molecular flexibility index (Phi) is 8.43. The van der Waals surface area contributed by atoms with Crippen molar-refractivity contribution in [1.82, 2.24) is 24.9 Å². The maximum absolute atomic E-state index is 13.6. The Morgan fingerprint density at radius 1 is 1.18 bits per heavy atom. The van der Waals surface area contributed by atoms with Crippen molar-refractivity contribution in [3.8, 4) is 0 Å². The molecule has 0 saturated heterocycles. The molecule has 2 amide bonds. The average Bonchev–Trinajstić information content (AvgIpc) is 3.57. The third kappa shape index (κ3) is 6.23. The summed E-state index contributed by atoms with van der Waals surface area (Å²) in [6.07, 6.45) is 12.9. The van der Waals surface area contributed by atoms with Gasteiger partial charge in [0.1, 0.15) is 0 Å². The van der Waals surface area contributed by atoms with Gasteiger partial charge in [-0.2, -0.15) is 5.10 Å². The molecule has 1 fully saturated rings. The lowest BCUT2D eigenvalue weighted by Gasteiger charge is -2.27. The molecule has 0 radical (unpaired) electrons. The van der Waals surface area contributed by atoms with Gasteiger partial charge >= 0.3 is 0 Å². The number of dihydropyridines is 1. The summed E-state index contributed by atoms with van der Waals surface area (Å²) in [5.74, 6) is -0.776. The Hall–Kier alpha value is -3.10. The van der Waals surface area contributed by atoms with Crippen LogP contribution in [0.2, 0.25) is 0 Å². The fourth-order valence-electron chi connectivity index (χ4n) is 6.19. The molecule has 0 bridgehead atoms. The molecule has 3 aliphatic rings. The molecule has 8 heteroatoms. The number of rotatable bonds is 9. The highest BCUT2D eigenvalue weighted by Gasteiger charge is 2.26. The zero-order chi connectivity index (χ0) is 27.5. The number of fused-ring (bicyclic) bond motifs is 1. The van der Waals surface area contributed by atoms with Gasteiger partial charge in [-0.15, -0.1) is 0 Å². The van der Waals surface area contributed by atoms with Crippen LogP contribution in [0, 0.1) is 5.92 Å². The zero-order valence-corrected chi connectivity index (χ0v) is 23.9. The minimum Gasteiger partial charge on any atom is -0.351 e. The standard InChI is InChI=1S/C31H42N6O2/c1-21-16-22(2)34-31(39)27(21)19-32-30(38)26-17-24(23-10-14-36(15-11-23)13-7-12-35(3)4)18-29-28(26)20-33-37(29)25-8-5-6-9-25/h10,16-18,20,25,27H,5-9,11-15,19H2,1-4H3,(H,32,38). The lowest BCUT2D eigenvalue weighted by molar-refractivity contribution is -0.120. The number of aliphatic imine (C=N–C) groups is 1. The van der Waals surface area contributed by atoms with E-state index in [9.17, 15) is 9.59 Å². The summed E-state index contributed by atoms with van der Waals surface area (Å²) < 4.78 is 2.15. The second kappa shape index (κ2) is 12.0. The summed E-state index contributed by atoms with van der Waals surface area (Å²) in [6.45, 7) is 8.14. The Labute approximate surface area is 231 Å². The van der Waals surface area contributed by atoms with Crippen molar-refractivity contribution in [1.29, 1.82) is 0 Å². The molecule has 1 atom stereocenters. The summed E-state index contributed by atoms with van der Waals surface area (Å²) >= 11 is 0. The lowest BCUT2D eigenvalue weighted by Crippen LogP contribution is -2.34. The molecule has 2 aromatic rings. The van der Waals surface area contributed by atoms with E-state index >= 15 is 0 Å². The van der Waals surface area contributed by atoms with Crippen LogP contribution in [0.5, 0.6) is 0 Å². The Balaban J connectivity index is 1.40. The molecule has 1 unspecified atom stereocenters. The lowest BCUT2D eigenvalue weighted by atomic mass is 9.94. The van der Waals surface area contributed by atoms with Crippen molar-refractivity contribution in [2.24, 2.45) is 10.9 Å². The molecule has 2 aliphatic heterocycles. The largest absolute Gasteiger partial charge is 0.351 e. The van der Waals surface area contributed by atoms with Gasteiger partial charge in [-0.3, -0.25) is 19.2 Å². The fourth-order valence-corrected chi connectivity index (χ4v) is 6.19. The number of benzene rings is 1. The third-order valence-corrected chi connectivity index (χ3v) is 8.41. The van der Waals surface area contributed by atoms with E-state index in [1.807, 2.05) is 32.2 Å². The molecule has 1 N–H and O–H groups in total. The van der Waals surface area contributed by atoms with E-state index in [0.29, 0.717) is 17.3 Å². The summed E-state index contributed by atoms with van der Waals surface area (Å²) in [6, 6.07) is 4.65. The van der Waals surface area contributed by atoms with E-state index < -0.39 is 5.92 Å². The van der Waals surface area contributed by atoms with E-state index in [2.05, 4.69) is 51.0 Å². The molecule has 208 valence electrons. The van der Waals surface area contributed by atoms with E-state index in [-0.39, 0.29) is 18.4 Å². The fraction of sp³-hybridized carbons (Fsp3) is 0.548. The van der Waals surface area contributed by atoms with Crippen LogP contribution in [0.4, 0.5) is 0 Å². The van der Waals surface area contributed by atoms with Gasteiger partial charge in [0.15, 0.2) is 0 Å².